The zero-order valence-corrected chi connectivity index (χ0v) is 63.5. The van der Waals surface area contributed by atoms with Gasteiger partial charge in [0.05, 0.1) is 102 Å². The highest BCUT2D eigenvalue weighted by Crippen LogP contribution is 2.47. The minimum absolute atomic E-state index is 0. The molecule has 0 saturated heterocycles. The quantitative estimate of drug-likeness (QED) is 0.0538. The van der Waals surface area contributed by atoms with Gasteiger partial charge in [0, 0.05) is 96.8 Å². The first-order valence-corrected chi connectivity index (χ1v) is 32.4. The van der Waals surface area contributed by atoms with Crippen LogP contribution >= 0.6 is 36.0 Å². The van der Waals surface area contributed by atoms with Crippen LogP contribution in [0.2, 0.25) is 0 Å². The monoisotopic (exact) mass is 1530 g/mol. The summed E-state index contributed by atoms with van der Waals surface area (Å²) in [6, 6.07) is 24.1. The lowest BCUT2D eigenvalue weighted by molar-refractivity contribution is -0.881. The number of aryl methyl sites for hydroxylation is 2. The molecule has 8 aliphatic heterocycles. The van der Waals surface area contributed by atoms with Crippen molar-refractivity contribution in [1.82, 2.24) is 9.80 Å². The highest BCUT2D eigenvalue weighted by molar-refractivity contribution is 8.03. The number of likely N-dealkylation sites (N-methyl/N-ethyl adjacent to an activating group) is 4. The Morgan fingerprint density at radius 3 is 1.43 bits per heavy atom. The number of benzene rings is 2. The van der Waals surface area contributed by atoms with E-state index in [-0.39, 0.29) is 69.6 Å². The summed E-state index contributed by atoms with van der Waals surface area (Å²) in [6.45, 7) is 21.6. The fraction of sp³-hybridized carbons (Fsp3) is 0.333. The Bertz CT molecular complexity index is 4090. The fourth-order valence-electron chi connectivity index (χ4n) is 12.6. The van der Waals surface area contributed by atoms with Crippen molar-refractivity contribution >= 4 is 82.1 Å². The summed E-state index contributed by atoms with van der Waals surface area (Å²) in [4.78, 5) is 27.8. The largest absolute Gasteiger partial charge is 1.00 e. The molecule has 4 N–H and O–H groups in total. The third-order valence-corrected chi connectivity index (χ3v) is 20.1. The van der Waals surface area contributed by atoms with Crippen LogP contribution in [0.3, 0.4) is 0 Å². The summed E-state index contributed by atoms with van der Waals surface area (Å²) in [5.41, 5.74) is 26.6. The second kappa shape index (κ2) is 29.4. The number of thiol groups is 1. The van der Waals surface area contributed by atoms with E-state index in [1.807, 2.05) is 74.7 Å². The number of nitrogens with zero attached hydrogens (tertiary/aromatic N) is 10. The van der Waals surface area contributed by atoms with Crippen LogP contribution < -0.4 is 68.6 Å². The molecule has 0 unspecified atom stereocenters. The summed E-state index contributed by atoms with van der Waals surface area (Å²) in [6.07, 6.45) is 34.6. The number of hydrogen-bond donors (Lipinski definition) is 3. The zero-order valence-electron chi connectivity index (χ0n) is 57.7. The summed E-state index contributed by atoms with van der Waals surface area (Å²) in [5.74, 6) is 4.12. The normalized spacial score (nSPS) is 22.2. The molecule has 0 radical (unpaired) electrons. The van der Waals surface area contributed by atoms with Gasteiger partial charge in [0.15, 0.2) is 11.4 Å². The van der Waals surface area contributed by atoms with Crippen LogP contribution in [0.25, 0.3) is 0 Å². The number of rotatable bonds is 8. The minimum atomic E-state index is -1.00. The van der Waals surface area contributed by atoms with E-state index in [0.29, 0.717) is 0 Å². The van der Waals surface area contributed by atoms with E-state index in [1.165, 1.54) is 43.2 Å². The first-order valence-electron chi connectivity index (χ1n) is 31.5. The van der Waals surface area contributed by atoms with Gasteiger partial charge in [0.1, 0.15) is 37.9 Å². The molecule has 0 aliphatic carbocycles. The van der Waals surface area contributed by atoms with E-state index in [1.54, 1.807) is 0 Å². The number of thioether (sulfide) groups is 1. The average molecular weight is 1540 g/mol. The molecule has 0 fully saturated rings. The number of aliphatic imine (C=N–C) groups is 4. The molecule has 2 aromatic carbocycles. The number of fused-ring (bicyclic) bond motifs is 4. The molecule has 10 heterocycles. The molecule has 0 saturated carbocycles. The Labute approximate surface area is 603 Å². The summed E-state index contributed by atoms with van der Waals surface area (Å²) in [5, 5.41) is 0.837. The number of halogens is 4. The molecule has 93 heavy (non-hydrogen) atoms. The van der Waals surface area contributed by atoms with Crippen molar-refractivity contribution in [2.45, 2.75) is 76.0 Å². The third kappa shape index (κ3) is 16.0. The van der Waals surface area contributed by atoms with Gasteiger partial charge in [-0.15, -0.1) is 12.6 Å². The van der Waals surface area contributed by atoms with Crippen LogP contribution in [0.4, 0.5) is 27.4 Å². The number of nitrogen functional groups attached to an aromatic ring is 2. The van der Waals surface area contributed by atoms with Gasteiger partial charge in [-0.2, -0.15) is 0 Å². The number of amidine groups is 2. The van der Waals surface area contributed by atoms with E-state index in [2.05, 4.69) is 251 Å². The Kier molecular flexibility index (Phi) is 23.0. The fourth-order valence-corrected chi connectivity index (χ4v) is 14.0. The smallest absolute Gasteiger partial charge is 0.327 e. The van der Waals surface area contributed by atoms with Crippen LogP contribution in [-0.2, 0) is 24.9 Å². The topological polar surface area (TPSA) is 116 Å². The average Bonchev–Trinajstić information content (AvgIpc) is 1.60. The van der Waals surface area contributed by atoms with Gasteiger partial charge in [-0.25, -0.2) is 19.1 Å². The van der Waals surface area contributed by atoms with Gasteiger partial charge in [0.25, 0.3) is 0 Å². The first kappa shape index (κ1) is 72.6. The molecule has 18 heteroatoms. The van der Waals surface area contributed by atoms with E-state index in [4.69, 9.17) is 44.4 Å². The molecule has 0 bridgehead atoms. The maximum absolute atomic E-state index is 9.96. The molecule has 0 amide bonds. The molecule has 0 spiro atoms. The van der Waals surface area contributed by atoms with Gasteiger partial charge in [0.2, 0.25) is 0 Å². The Balaban J connectivity index is 0.000000227. The molecule has 4 aromatic rings. The number of anilines is 2. The van der Waals surface area contributed by atoms with E-state index >= 15 is 0 Å². The number of nitrogens with two attached hydrogens (primary N) is 2. The molecule has 490 valence electrons. The molecule has 12 rings (SSSR count). The van der Waals surface area contributed by atoms with E-state index < -0.39 is 7.15 Å². The third-order valence-electron chi connectivity index (χ3n) is 18.1. The summed E-state index contributed by atoms with van der Waals surface area (Å²) < 4.78 is 21.4. The van der Waals surface area contributed by atoms with Gasteiger partial charge in [-0.1, -0.05) is 75.4 Å². The van der Waals surface area contributed by atoms with E-state index in [0.717, 1.165) is 114 Å². The maximum Gasteiger partial charge on any atom is 0.327 e. The van der Waals surface area contributed by atoms with Gasteiger partial charge < -0.3 is 78.2 Å². The number of allylic oxidation sites excluding steroid dienone is 12. The van der Waals surface area contributed by atoms with Crippen molar-refractivity contribution in [3.63, 3.8) is 0 Å². The van der Waals surface area contributed by atoms with Crippen LogP contribution in [0.1, 0.15) is 67.9 Å². The van der Waals surface area contributed by atoms with Crippen LogP contribution in [0, 0.1) is 10.8 Å². The van der Waals surface area contributed by atoms with Crippen LogP contribution in [0.15, 0.2) is 255 Å². The Morgan fingerprint density at radius 1 is 0.591 bits per heavy atom. The van der Waals surface area contributed by atoms with Crippen molar-refractivity contribution in [2.24, 2.45) is 44.9 Å². The Hall–Kier alpha value is -6.20. The van der Waals surface area contributed by atoms with Crippen LogP contribution in [0.5, 0.6) is 0 Å². The van der Waals surface area contributed by atoms with Crippen LogP contribution in [-0.4, -0.2) is 117 Å². The highest BCUT2D eigenvalue weighted by atomic mass is 127. The predicted molar refractivity (Wildman–Crippen MR) is 384 cm³/mol. The summed E-state index contributed by atoms with van der Waals surface area (Å²) >= 11 is 13.0. The van der Waals surface area contributed by atoms with Crippen molar-refractivity contribution in [3.8, 4) is 0 Å². The second-order valence-corrected chi connectivity index (χ2v) is 29.7. The maximum atomic E-state index is 9.96. The van der Waals surface area contributed by atoms with Crippen molar-refractivity contribution in [2.75, 3.05) is 87.1 Å². The lowest BCUT2D eigenvalue weighted by Gasteiger charge is -2.37. The molecule has 0 atom stereocenters. The molecule has 12 nitrogen and oxygen atoms in total. The summed E-state index contributed by atoms with van der Waals surface area (Å²) in [7, 11) is 16.4. The molecular weight excluding hydrogens is 1440 g/mol. The molecule has 8 aliphatic rings. The van der Waals surface area contributed by atoms with Gasteiger partial charge in [-0.3, -0.25) is 4.39 Å². The number of quaternary nitrogens is 2. The number of pyridine rings is 2. The van der Waals surface area contributed by atoms with E-state index in [9.17, 15) is 4.39 Å². The zero-order chi connectivity index (χ0) is 66.9. The SMILES string of the molecule is CN1C=CC=C2C1=NC(=CC=C1C[N+](C)(C)CC(C=CC3=Nc4c(ccc[n+]4C)C3(C)C)=C1Cl)C2(C)C.CN1C=CC=C2C1=NC(=CC=C1C[N+](C)(C)CC(C=CC3=Nc4c(ccc[n+]4C)C3(C)C)=C1Sc1ccc(N)cc1)C2(C)C.Nc1ccc(S)cc1.[2H]CF.[I-].[I-]. The molecular formula is C75H92ClFI2N12S2+2. The lowest BCUT2D eigenvalue weighted by Crippen LogP contribution is -3.00. The van der Waals surface area contributed by atoms with Gasteiger partial charge in [-0.05, 0) is 159 Å². The Morgan fingerprint density at radius 2 is 1.00 bits per heavy atom. The number of hydrogen-bond acceptors (Lipinski definition) is 10. The first-order chi connectivity index (χ1) is 43.3. The van der Waals surface area contributed by atoms with Crippen molar-refractivity contribution in [1.29, 1.82) is 0 Å². The number of alkyl halides is 1. The second-order valence-electron chi connectivity index (χ2n) is 27.8. The standard InChI is InChI=1S/C37H44N6S.C31H38ClN5.C6H7NS.CH3F.2HI/c1-36(2)29-11-9-21-41(5)34(29)39-31(36)19-13-25-23-43(7,8)24-26(33(25)44-28-17-15-27(38)16-18-28)14-20-32-37(3,4)30-12-10-22-42(6)35(30)40-32;1-30(2)23-11-9-17-35(5)28(23)33-25(30)15-13-21-19-37(7,8)20-22(27(21)32)14-16-26-31(3,4)24-12-10-18-36(6)29(24)34-26;7-5-1-3-6(8)4-2-5;1-2;;/h9-22H,23-24,38H2,1-8H3;9-18H,19-20H2,1-8H3;1-4,8H,7H2;1H3;2*1H/q2*+2;;;;/p-2/i;;;1D;;. The van der Waals surface area contributed by atoms with Crippen molar-refractivity contribution < 1.29 is 71.8 Å². The van der Waals surface area contributed by atoms with Gasteiger partial charge >= 0.3 is 11.6 Å². The molecule has 2 aromatic heterocycles. The van der Waals surface area contributed by atoms with Crippen molar-refractivity contribution in [3.05, 3.63) is 236 Å². The predicted octanol–water partition coefficient (Wildman–Crippen LogP) is 8.58. The lowest BCUT2D eigenvalue weighted by atomic mass is 9.81. The highest BCUT2D eigenvalue weighted by Gasteiger charge is 2.45. The minimum Gasteiger partial charge on any atom is -1.00 e. The number of aromatic nitrogens is 2.